The summed E-state index contributed by atoms with van der Waals surface area (Å²) in [6.45, 7) is 0.683. The maximum Gasteiger partial charge on any atom is 0.254 e. The molecule has 0 unspecified atom stereocenters. The van der Waals surface area contributed by atoms with Gasteiger partial charge in [-0.3, -0.25) is 28.8 Å². The Bertz CT molecular complexity index is 2510. The number of ketones is 2. The second-order valence-electron chi connectivity index (χ2n) is 15.0. The largest absolute Gasteiger partial charge is 0.392 e. The molecule has 17 heteroatoms. The van der Waals surface area contributed by atoms with Gasteiger partial charge < -0.3 is 51.1 Å². The molecular formula is C52H57IN4O12. The van der Waals surface area contributed by atoms with Crippen molar-refractivity contribution in [2.45, 2.75) is 37.1 Å². The summed E-state index contributed by atoms with van der Waals surface area (Å²) >= 11 is 2.11. The Morgan fingerprint density at radius 1 is 0.594 bits per heavy atom. The van der Waals surface area contributed by atoms with Gasteiger partial charge in [-0.2, -0.15) is 0 Å². The summed E-state index contributed by atoms with van der Waals surface area (Å²) in [5.41, 5.74) is 0.588. The summed E-state index contributed by atoms with van der Waals surface area (Å²) in [7, 11) is 5.41. The number of terminal acetylenes is 1. The molecule has 0 bridgehead atoms. The van der Waals surface area contributed by atoms with Crippen LogP contribution in [0, 0.1) is 27.8 Å². The average molecular weight is 1060 g/mol. The van der Waals surface area contributed by atoms with E-state index in [2.05, 4.69) is 51.0 Å². The monoisotopic (exact) mass is 1060 g/mol. The van der Waals surface area contributed by atoms with Gasteiger partial charge in [-0.15, -0.1) is 6.42 Å². The van der Waals surface area contributed by atoms with Crippen LogP contribution in [0.15, 0.2) is 121 Å². The third kappa shape index (κ3) is 15.9. The molecule has 0 aliphatic heterocycles. The zero-order valence-corrected chi connectivity index (χ0v) is 41.2. The molecule has 0 radical (unpaired) electrons. The van der Waals surface area contributed by atoms with Crippen molar-refractivity contribution in [3.8, 4) is 24.2 Å². The van der Waals surface area contributed by atoms with Crippen molar-refractivity contribution in [2.24, 2.45) is 0 Å². The van der Waals surface area contributed by atoms with E-state index in [0.29, 0.717) is 16.7 Å². The summed E-state index contributed by atoms with van der Waals surface area (Å²) in [4.78, 5) is 76.0. The van der Waals surface area contributed by atoms with Crippen molar-refractivity contribution in [1.29, 1.82) is 0 Å². The summed E-state index contributed by atoms with van der Waals surface area (Å²) in [5.74, 6) is 4.56. The van der Waals surface area contributed by atoms with Gasteiger partial charge in [0.1, 0.15) is 13.2 Å². The van der Waals surface area contributed by atoms with E-state index in [4.69, 9.17) is 21.7 Å². The highest BCUT2D eigenvalue weighted by Gasteiger charge is 2.47. The van der Waals surface area contributed by atoms with Crippen molar-refractivity contribution >= 4 is 57.8 Å². The number of nitrogens with zero attached hydrogens (tertiary/aromatic N) is 2. The minimum Gasteiger partial charge on any atom is -0.392 e. The summed E-state index contributed by atoms with van der Waals surface area (Å²) in [6, 6.07) is 27.2. The van der Waals surface area contributed by atoms with Gasteiger partial charge in [0.25, 0.3) is 23.6 Å². The molecular weight excluding hydrogens is 999 g/mol. The number of nitrogens with one attached hydrogen (secondary N) is 2. The molecule has 4 atom stereocenters. The highest BCUT2D eigenvalue weighted by atomic mass is 127. The first-order chi connectivity index (χ1) is 32.7. The fourth-order valence-electron chi connectivity index (χ4n) is 6.09. The summed E-state index contributed by atoms with van der Waals surface area (Å²) < 4.78 is 0.965. The second kappa shape index (κ2) is 28.5. The van der Waals surface area contributed by atoms with Crippen LogP contribution in [0.25, 0.3) is 0 Å². The second-order valence-corrected chi connectivity index (χ2v) is 16.3. The molecule has 8 N–H and O–H groups in total. The number of aliphatic hydroxyl groups excluding tert-OH is 6. The molecule has 0 aliphatic rings. The Hall–Kier alpha value is -6.81. The van der Waals surface area contributed by atoms with E-state index < -0.39 is 71.7 Å². The lowest BCUT2D eigenvalue weighted by Crippen LogP contribution is -2.62. The van der Waals surface area contributed by atoms with E-state index in [1.807, 2.05) is 0 Å². The van der Waals surface area contributed by atoms with Crippen molar-refractivity contribution in [3.05, 3.63) is 164 Å². The smallest absolute Gasteiger partial charge is 0.254 e. The highest BCUT2D eigenvalue weighted by Crippen LogP contribution is 2.22. The Labute approximate surface area is 415 Å². The normalized spacial score (nSPS) is 13.2. The van der Waals surface area contributed by atoms with Crippen LogP contribution in [0.2, 0.25) is 0 Å². The third-order valence-electron chi connectivity index (χ3n) is 10.8. The van der Waals surface area contributed by atoms with E-state index in [0.717, 1.165) is 30.1 Å². The number of benzene rings is 4. The van der Waals surface area contributed by atoms with Gasteiger partial charge in [0.05, 0.1) is 25.4 Å². The SMILES string of the molecule is C#Cc1ccc([C@H](O)/C=C/CO)cc1.CNC(=O)[C@@](C)(C(=O)CO)N(C)C(=O)c1ccc(C#Cc2ccc([C@H](O)/C=C/CO)cc2)cc1.CNC(=O)[C@@](C)(C(=O)CO)N(C)C(=O)c1ccc(I)cc1. The Morgan fingerprint density at radius 2 is 0.913 bits per heavy atom. The van der Waals surface area contributed by atoms with Gasteiger partial charge in [0, 0.05) is 59.6 Å². The first-order valence-electron chi connectivity index (χ1n) is 21.0. The molecule has 4 aromatic carbocycles. The van der Waals surface area contributed by atoms with Gasteiger partial charge in [0.2, 0.25) is 0 Å². The predicted octanol–water partition coefficient (Wildman–Crippen LogP) is 2.49. The molecule has 4 aromatic rings. The standard InChI is InChI=1S/C26H28N2O6.C14H17IN2O4.C12H12O2/c1-26(23(32)17-30,25(34)27-2)28(3)24(33)21-14-10-19(11-15-21)7-6-18-8-12-20(13-9-18)22(31)5-4-16-29;1-14(11(19)8-18,13(21)16-2)17(3)12(20)9-4-6-10(15)7-5-9;1-2-10-5-7-11(8-6-10)12(14)4-3-9-13/h4-5,8-15,22,29-31H,16-17H2,1-3H3,(H,27,34);4-7,18H,8H2,1-3H3,(H,16,21);1,3-8,12-14H,9H2/b5-4+;;4-3+/t22-,26-;14-;12-/m111/s1. The van der Waals surface area contributed by atoms with E-state index >= 15 is 0 Å². The molecule has 364 valence electrons. The van der Waals surface area contributed by atoms with Crippen molar-refractivity contribution < 1.29 is 59.4 Å². The lowest BCUT2D eigenvalue weighted by molar-refractivity contribution is -0.144. The lowest BCUT2D eigenvalue weighted by Gasteiger charge is -2.35. The molecule has 0 aliphatic carbocycles. The van der Waals surface area contributed by atoms with E-state index in [1.54, 1.807) is 97.1 Å². The zero-order chi connectivity index (χ0) is 51.9. The van der Waals surface area contributed by atoms with Gasteiger partial charge in [-0.05, 0) is 120 Å². The van der Waals surface area contributed by atoms with Crippen LogP contribution in [0.4, 0.5) is 0 Å². The van der Waals surface area contributed by atoms with Crippen molar-refractivity contribution in [1.82, 2.24) is 20.4 Å². The molecule has 0 spiro atoms. The summed E-state index contributed by atoms with van der Waals surface area (Å²) in [6.07, 6.45) is 9.70. The molecule has 4 rings (SSSR count). The average Bonchev–Trinajstić information content (AvgIpc) is 3.39. The van der Waals surface area contributed by atoms with E-state index in [9.17, 15) is 44.1 Å². The molecule has 0 saturated carbocycles. The maximum atomic E-state index is 12.9. The van der Waals surface area contributed by atoms with Gasteiger partial charge >= 0.3 is 0 Å². The van der Waals surface area contributed by atoms with Gasteiger partial charge in [-0.1, -0.05) is 66.3 Å². The number of carbonyl (C=O) groups excluding carboxylic acids is 6. The van der Waals surface area contributed by atoms with Crippen LogP contribution in [0.3, 0.4) is 0 Å². The van der Waals surface area contributed by atoms with Crippen LogP contribution in [-0.2, 0) is 19.2 Å². The number of halogens is 1. The molecule has 0 saturated heterocycles. The maximum absolute atomic E-state index is 12.9. The Morgan fingerprint density at radius 3 is 1.22 bits per heavy atom. The lowest BCUT2D eigenvalue weighted by atomic mass is 9.92. The fraction of sp³-hybridized carbons (Fsp3) is 0.269. The third-order valence-corrected chi connectivity index (χ3v) is 11.5. The molecule has 16 nitrogen and oxygen atoms in total. The number of hydrogen-bond acceptors (Lipinski definition) is 12. The highest BCUT2D eigenvalue weighted by molar-refractivity contribution is 14.1. The summed E-state index contributed by atoms with van der Waals surface area (Å²) in [5, 5.41) is 59.9. The number of Topliss-reactive ketones (excluding diaryl/α,β-unsaturated/α-hetero) is 2. The molecule has 4 amide bonds. The topological polar surface area (TPSA) is 254 Å². The zero-order valence-electron chi connectivity index (χ0n) is 39.0. The first kappa shape index (κ1) is 58.3. The molecule has 69 heavy (non-hydrogen) atoms. The van der Waals surface area contributed by atoms with Gasteiger partial charge in [-0.25, -0.2) is 0 Å². The molecule has 0 fully saturated rings. The number of likely N-dealkylation sites (N-methyl/N-ethyl adjacent to an activating group) is 4. The molecule has 0 heterocycles. The van der Waals surface area contributed by atoms with Gasteiger partial charge in [0.15, 0.2) is 22.6 Å². The molecule has 0 aromatic heterocycles. The first-order valence-corrected chi connectivity index (χ1v) is 22.1. The minimum absolute atomic E-state index is 0.0699. The van der Waals surface area contributed by atoms with Crippen LogP contribution in [0.1, 0.15) is 74.6 Å². The van der Waals surface area contributed by atoms with Crippen LogP contribution < -0.4 is 10.6 Å². The Kier molecular flexibility index (Phi) is 24.1. The fourth-order valence-corrected chi connectivity index (χ4v) is 6.45. The Balaban J connectivity index is 0.000000395. The van der Waals surface area contributed by atoms with Crippen LogP contribution in [-0.4, -0.2) is 141 Å². The van der Waals surface area contributed by atoms with Crippen molar-refractivity contribution in [2.75, 3.05) is 54.6 Å². The van der Waals surface area contributed by atoms with Crippen molar-refractivity contribution in [3.63, 3.8) is 0 Å². The van der Waals surface area contributed by atoms with Crippen LogP contribution >= 0.6 is 22.6 Å². The van der Waals surface area contributed by atoms with E-state index in [-0.39, 0.29) is 18.8 Å². The van der Waals surface area contributed by atoms with E-state index in [1.165, 1.54) is 66.3 Å². The minimum atomic E-state index is -1.85. The number of rotatable bonds is 16. The number of hydrogen-bond donors (Lipinski definition) is 8. The van der Waals surface area contributed by atoms with Crippen LogP contribution in [0.5, 0.6) is 0 Å². The number of carbonyl (C=O) groups is 6. The quantitative estimate of drug-likeness (QED) is 0.0349. The number of aliphatic hydroxyl groups is 6. The predicted molar refractivity (Wildman–Crippen MR) is 268 cm³/mol. The number of amides is 4.